The Labute approximate surface area is 96.6 Å². The summed E-state index contributed by atoms with van der Waals surface area (Å²) in [7, 11) is 0. The van der Waals surface area contributed by atoms with E-state index in [0.29, 0.717) is 0 Å². The molecular weight excluding hydrogens is 200 g/mol. The second kappa shape index (κ2) is 3.93. The van der Waals surface area contributed by atoms with Gasteiger partial charge >= 0.3 is 5.97 Å². The van der Waals surface area contributed by atoms with Crippen LogP contribution in [0.15, 0.2) is 24.3 Å². The first-order chi connectivity index (χ1) is 7.46. The standard InChI is InChI=1S/C14H18O2/c1-14(2,3)16-13(15)12-8-10-6-4-5-7-11(10)9-12/h4-7,12H,8-9H2,1-3H3. The van der Waals surface area contributed by atoms with Crippen molar-refractivity contribution in [2.45, 2.75) is 39.2 Å². The number of hydrogen-bond donors (Lipinski definition) is 0. The summed E-state index contributed by atoms with van der Waals surface area (Å²) < 4.78 is 5.41. The smallest absolute Gasteiger partial charge is 0.310 e. The molecule has 16 heavy (non-hydrogen) atoms. The Morgan fingerprint density at radius 2 is 1.69 bits per heavy atom. The maximum atomic E-state index is 11.9. The number of ether oxygens (including phenoxy) is 1. The first-order valence-electron chi connectivity index (χ1n) is 5.75. The highest BCUT2D eigenvalue weighted by Gasteiger charge is 2.30. The summed E-state index contributed by atoms with van der Waals surface area (Å²) in [6.45, 7) is 5.73. The molecule has 0 amide bonds. The SMILES string of the molecule is CC(C)(C)OC(=O)C1Cc2ccccc2C1. The molecule has 0 aromatic heterocycles. The zero-order valence-electron chi connectivity index (χ0n) is 10.1. The Hall–Kier alpha value is -1.31. The van der Waals surface area contributed by atoms with Gasteiger partial charge in [-0.2, -0.15) is 0 Å². The van der Waals surface area contributed by atoms with Gasteiger partial charge in [0, 0.05) is 0 Å². The van der Waals surface area contributed by atoms with Crippen molar-refractivity contribution in [3.8, 4) is 0 Å². The summed E-state index contributed by atoms with van der Waals surface area (Å²) in [5.41, 5.74) is 2.20. The van der Waals surface area contributed by atoms with Gasteiger partial charge in [-0.15, -0.1) is 0 Å². The molecule has 0 spiro atoms. The van der Waals surface area contributed by atoms with E-state index >= 15 is 0 Å². The topological polar surface area (TPSA) is 26.3 Å². The molecule has 0 aliphatic heterocycles. The molecule has 0 radical (unpaired) electrons. The second-order valence-corrected chi connectivity index (χ2v) is 5.41. The van der Waals surface area contributed by atoms with Crippen molar-refractivity contribution in [2.24, 2.45) is 5.92 Å². The third-order valence-electron chi connectivity index (χ3n) is 2.79. The van der Waals surface area contributed by atoms with Crippen LogP contribution in [0.2, 0.25) is 0 Å². The summed E-state index contributed by atoms with van der Waals surface area (Å²) in [5, 5.41) is 0. The van der Waals surface area contributed by atoms with Gasteiger partial charge in [0.05, 0.1) is 5.92 Å². The third-order valence-corrected chi connectivity index (χ3v) is 2.79. The van der Waals surface area contributed by atoms with Gasteiger partial charge < -0.3 is 4.74 Å². The lowest BCUT2D eigenvalue weighted by Crippen LogP contribution is -2.29. The predicted molar refractivity (Wildman–Crippen MR) is 63.2 cm³/mol. The fourth-order valence-electron chi connectivity index (χ4n) is 2.11. The summed E-state index contributed by atoms with van der Waals surface area (Å²) in [6, 6.07) is 8.24. The third kappa shape index (κ3) is 2.43. The van der Waals surface area contributed by atoms with Crippen LogP contribution in [0.5, 0.6) is 0 Å². The van der Waals surface area contributed by atoms with Crippen LogP contribution in [0.3, 0.4) is 0 Å². The minimum atomic E-state index is -0.383. The van der Waals surface area contributed by atoms with E-state index in [1.54, 1.807) is 0 Å². The first kappa shape index (κ1) is 11.2. The van der Waals surface area contributed by atoms with Crippen LogP contribution >= 0.6 is 0 Å². The van der Waals surface area contributed by atoms with Crippen molar-refractivity contribution in [1.29, 1.82) is 0 Å². The van der Waals surface area contributed by atoms with Crippen molar-refractivity contribution in [3.63, 3.8) is 0 Å². The van der Waals surface area contributed by atoms with Crippen LogP contribution in [-0.2, 0) is 22.4 Å². The average Bonchev–Trinajstić information content (AvgIpc) is 2.58. The molecule has 2 rings (SSSR count). The van der Waals surface area contributed by atoms with Crippen molar-refractivity contribution in [3.05, 3.63) is 35.4 Å². The van der Waals surface area contributed by atoms with Gasteiger partial charge in [-0.1, -0.05) is 24.3 Å². The lowest BCUT2D eigenvalue weighted by molar-refractivity contribution is -0.159. The molecule has 0 saturated heterocycles. The molecule has 2 nitrogen and oxygen atoms in total. The van der Waals surface area contributed by atoms with Gasteiger partial charge in [-0.25, -0.2) is 0 Å². The van der Waals surface area contributed by atoms with E-state index in [1.165, 1.54) is 11.1 Å². The Morgan fingerprint density at radius 3 is 2.12 bits per heavy atom. The Morgan fingerprint density at radius 1 is 1.19 bits per heavy atom. The Balaban J connectivity index is 2.04. The minimum absolute atomic E-state index is 0.0108. The van der Waals surface area contributed by atoms with Crippen LogP contribution in [0.1, 0.15) is 31.9 Å². The number of fused-ring (bicyclic) bond motifs is 1. The molecule has 86 valence electrons. The molecule has 0 atom stereocenters. The summed E-state index contributed by atoms with van der Waals surface area (Å²) in [4.78, 5) is 11.9. The average molecular weight is 218 g/mol. The number of carbonyl (C=O) groups excluding carboxylic acids is 1. The fraction of sp³-hybridized carbons (Fsp3) is 0.500. The predicted octanol–water partition coefficient (Wildman–Crippen LogP) is 2.74. The van der Waals surface area contributed by atoms with Crippen LogP contribution in [0.25, 0.3) is 0 Å². The molecular formula is C14H18O2. The molecule has 0 saturated carbocycles. The van der Waals surface area contributed by atoms with E-state index in [1.807, 2.05) is 32.9 Å². The zero-order chi connectivity index (χ0) is 11.8. The van der Waals surface area contributed by atoms with Gasteiger partial charge in [0.25, 0.3) is 0 Å². The quantitative estimate of drug-likeness (QED) is 0.677. The van der Waals surface area contributed by atoms with Crippen molar-refractivity contribution in [1.82, 2.24) is 0 Å². The molecule has 0 fully saturated rings. The molecule has 1 aliphatic carbocycles. The summed E-state index contributed by atoms with van der Waals surface area (Å²) in [6.07, 6.45) is 1.65. The first-order valence-corrected chi connectivity index (χ1v) is 5.75. The summed E-state index contributed by atoms with van der Waals surface area (Å²) in [5.74, 6) is -0.0553. The fourth-order valence-corrected chi connectivity index (χ4v) is 2.11. The van der Waals surface area contributed by atoms with Crippen molar-refractivity contribution < 1.29 is 9.53 Å². The molecule has 0 bridgehead atoms. The van der Waals surface area contributed by atoms with Crippen LogP contribution in [-0.4, -0.2) is 11.6 Å². The van der Waals surface area contributed by atoms with E-state index in [4.69, 9.17) is 4.74 Å². The van der Waals surface area contributed by atoms with Crippen LogP contribution < -0.4 is 0 Å². The second-order valence-electron chi connectivity index (χ2n) is 5.41. The van der Waals surface area contributed by atoms with E-state index in [2.05, 4.69) is 12.1 Å². The number of hydrogen-bond acceptors (Lipinski definition) is 2. The minimum Gasteiger partial charge on any atom is -0.460 e. The van der Waals surface area contributed by atoms with E-state index in [-0.39, 0.29) is 17.5 Å². The van der Waals surface area contributed by atoms with E-state index in [9.17, 15) is 4.79 Å². The monoisotopic (exact) mass is 218 g/mol. The molecule has 0 N–H and O–H groups in total. The van der Waals surface area contributed by atoms with E-state index in [0.717, 1.165) is 12.8 Å². The molecule has 1 aromatic carbocycles. The Kier molecular flexibility index (Phi) is 2.75. The normalized spacial score (nSPS) is 15.9. The lowest BCUT2D eigenvalue weighted by atomic mass is 10.1. The van der Waals surface area contributed by atoms with E-state index < -0.39 is 0 Å². The van der Waals surface area contributed by atoms with Gasteiger partial charge in [0.2, 0.25) is 0 Å². The highest BCUT2D eigenvalue weighted by atomic mass is 16.6. The number of benzene rings is 1. The molecule has 2 heteroatoms. The number of esters is 1. The maximum absolute atomic E-state index is 11.9. The zero-order valence-corrected chi connectivity index (χ0v) is 10.1. The lowest BCUT2D eigenvalue weighted by Gasteiger charge is -2.21. The van der Waals surface area contributed by atoms with Crippen molar-refractivity contribution >= 4 is 5.97 Å². The van der Waals surface area contributed by atoms with Gasteiger partial charge in [-0.3, -0.25) is 4.79 Å². The van der Waals surface area contributed by atoms with Gasteiger partial charge in [0.15, 0.2) is 0 Å². The molecule has 0 unspecified atom stereocenters. The largest absolute Gasteiger partial charge is 0.460 e. The van der Waals surface area contributed by atoms with Gasteiger partial charge in [-0.05, 0) is 44.7 Å². The number of rotatable bonds is 1. The van der Waals surface area contributed by atoms with Gasteiger partial charge in [0.1, 0.15) is 5.60 Å². The maximum Gasteiger partial charge on any atom is 0.310 e. The Bertz CT molecular complexity index is 376. The number of carbonyl (C=O) groups is 1. The molecule has 1 aromatic rings. The summed E-state index contributed by atoms with van der Waals surface area (Å²) >= 11 is 0. The van der Waals surface area contributed by atoms with Crippen molar-refractivity contribution in [2.75, 3.05) is 0 Å². The molecule has 0 heterocycles. The van der Waals surface area contributed by atoms with Crippen LogP contribution in [0.4, 0.5) is 0 Å². The highest BCUT2D eigenvalue weighted by molar-refractivity contribution is 5.75. The highest BCUT2D eigenvalue weighted by Crippen LogP contribution is 2.28. The van der Waals surface area contributed by atoms with Crippen LogP contribution in [0, 0.1) is 5.92 Å². The molecule has 1 aliphatic rings.